The largest absolute Gasteiger partial charge is 0.416 e. The van der Waals surface area contributed by atoms with Gasteiger partial charge in [0.2, 0.25) is 5.91 Å². The van der Waals surface area contributed by atoms with E-state index in [0.29, 0.717) is 24.4 Å². The number of aromatic nitrogens is 3. The van der Waals surface area contributed by atoms with Crippen LogP contribution in [0.3, 0.4) is 0 Å². The van der Waals surface area contributed by atoms with Gasteiger partial charge in [-0.15, -0.1) is 0 Å². The Balaban J connectivity index is 1.20. The van der Waals surface area contributed by atoms with E-state index in [1.807, 2.05) is 35.2 Å². The number of piperazine rings is 1. The number of H-pyrrole nitrogens is 1. The SMILES string of the molecule is O=C(CNc1ccc(-c2cnc3[nH]ncc3c2)cc1)Nc1ccc(CN2CCNCC2)c(C(F)(F)F)c1. The summed E-state index contributed by atoms with van der Waals surface area (Å²) in [5.41, 5.74) is 2.89. The first-order valence-corrected chi connectivity index (χ1v) is 11.9. The highest BCUT2D eigenvalue weighted by molar-refractivity contribution is 5.94. The first-order valence-electron chi connectivity index (χ1n) is 11.9. The number of amides is 1. The van der Waals surface area contributed by atoms with E-state index in [4.69, 9.17) is 0 Å². The number of alkyl halides is 3. The molecule has 192 valence electrons. The van der Waals surface area contributed by atoms with Gasteiger partial charge in [-0.05, 0) is 41.5 Å². The number of fused-ring (bicyclic) bond motifs is 1. The third kappa shape index (κ3) is 6.07. The van der Waals surface area contributed by atoms with Gasteiger partial charge in [0.05, 0.1) is 18.3 Å². The van der Waals surface area contributed by atoms with Gasteiger partial charge in [0.25, 0.3) is 0 Å². The molecule has 0 bridgehead atoms. The minimum atomic E-state index is -4.51. The van der Waals surface area contributed by atoms with Crippen LogP contribution in [0, 0.1) is 0 Å². The number of rotatable bonds is 7. The molecular formula is C26H26F3N7O. The molecule has 37 heavy (non-hydrogen) atoms. The molecule has 1 aliphatic heterocycles. The van der Waals surface area contributed by atoms with Gasteiger partial charge < -0.3 is 16.0 Å². The number of benzene rings is 2. The molecule has 2 aromatic carbocycles. The van der Waals surface area contributed by atoms with E-state index in [-0.39, 0.29) is 24.3 Å². The van der Waals surface area contributed by atoms with E-state index < -0.39 is 17.6 Å². The molecule has 1 amide bonds. The maximum absolute atomic E-state index is 13.7. The predicted octanol–water partition coefficient (Wildman–Crippen LogP) is 4.10. The van der Waals surface area contributed by atoms with Gasteiger partial charge >= 0.3 is 6.18 Å². The van der Waals surface area contributed by atoms with Crippen molar-refractivity contribution in [3.63, 3.8) is 0 Å². The van der Waals surface area contributed by atoms with Gasteiger partial charge in [0.15, 0.2) is 5.65 Å². The van der Waals surface area contributed by atoms with E-state index in [0.717, 1.165) is 35.7 Å². The maximum Gasteiger partial charge on any atom is 0.416 e. The zero-order valence-electron chi connectivity index (χ0n) is 19.9. The average molecular weight is 510 g/mol. The average Bonchev–Trinajstić information content (AvgIpc) is 3.37. The lowest BCUT2D eigenvalue weighted by Crippen LogP contribution is -2.43. The summed E-state index contributed by atoms with van der Waals surface area (Å²) in [6.07, 6.45) is -1.06. The molecular weight excluding hydrogens is 483 g/mol. The lowest BCUT2D eigenvalue weighted by atomic mass is 10.0. The summed E-state index contributed by atoms with van der Waals surface area (Å²) in [4.78, 5) is 18.8. The fraction of sp³-hybridized carbons (Fsp3) is 0.269. The van der Waals surface area contributed by atoms with Crippen LogP contribution < -0.4 is 16.0 Å². The monoisotopic (exact) mass is 509 g/mol. The molecule has 4 N–H and O–H groups in total. The van der Waals surface area contributed by atoms with E-state index in [1.165, 1.54) is 12.1 Å². The van der Waals surface area contributed by atoms with E-state index >= 15 is 0 Å². The summed E-state index contributed by atoms with van der Waals surface area (Å²) in [5.74, 6) is -0.443. The minimum Gasteiger partial charge on any atom is -0.376 e. The Labute approximate surface area is 211 Å². The first kappa shape index (κ1) is 24.7. The summed E-state index contributed by atoms with van der Waals surface area (Å²) in [7, 11) is 0. The number of nitrogens with one attached hydrogen (secondary N) is 4. The van der Waals surface area contributed by atoms with Crippen LogP contribution in [0.25, 0.3) is 22.2 Å². The molecule has 0 atom stereocenters. The van der Waals surface area contributed by atoms with Crippen LogP contribution >= 0.6 is 0 Å². The number of carbonyl (C=O) groups is 1. The molecule has 1 aliphatic rings. The smallest absolute Gasteiger partial charge is 0.376 e. The van der Waals surface area contributed by atoms with Gasteiger partial charge in [0, 0.05) is 61.2 Å². The van der Waals surface area contributed by atoms with Crippen LogP contribution in [0.1, 0.15) is 11.1 Å². The van der Waals surface area contributed by atoms with Gasteiger partial charge in [-0.3, -0.25) is 14.8 Å². The second-order valence-corrected chi connectivity index (χ2v) is 8.91. The second kappa shape index (κ2) is 10.6. The molecule has 2 aromatic heterocycles. The van der Waals surface area contributed by atoms with Crippen molar-refractivity contribution >= 4 is 28.3 Å². The normalized spacial score (nSPS) is 14.6. The molecule has 1 fully saturated rings. The van der Waals surface area contributed by atoms with Crippen LogP contribution in [-0.2, 0) is 17.5 Å². The molecule has 4 aromatic rings. The summed E-state index contributed by atoms with van der Waals surface area (Å²) in [6.45, 7) is 3.02. The highest BCUT2D eigenvalue weighted by atomic mass is 19.4. The number of pyridine rings is 1. The topological polar surface area (TPSA) is 98.0 Å². The highest BCUT2D eigenvalue weighted by Crippen LogP contribution is 2.34. The molecule has 0 aliphatic carbocycles. The summed E-state index contributed by atoms with van der Waals surface area (Å²) < 4.78 is 41.2. The third-order valence-corrected chi connectivity index (χ3v) is 6.27. The third-order valence-electron chi connectivity index (χ3n) is 6.27. The standard InChI is InChI=1S/C26H26F3N7O/c27-26(28,29)23-12-22(6-3-18(23)16-36-9-7-30-8-10-36)34-24(37)15-31-21-4-1-17(2-5-21)19-11-20-14-33-35-25(20)32-13-19/h1-6,11-14,30-31H,7-10,15-16H2,(H,34,37)(H,32,33,35). The van der Waals surface area contributed by atoms with E-state index in [9.17, 15) is 18.0 Å². The first-order chi connectivity index (χ1) is 17.8. The van der Waals surface area contributed by atoms with Crippen LogP contribution in [-0.4, -0.2) is 58.7 Å². The Hall–Kier alpha value is -3.96. The maximum atomic E-state index is 13.7. The number of carbonyl (C=O) groups excluding carboxylic acids is 1. The van der Waals surface area contributed by atoms with Crippen molar-refractivity contribution in [3.05, 3.63) is 72.1 Å². The van der Waals surface area contributed by atoms with Gasteiger partial charge in [0.1, 0.15) is 0 Å². The predicted molar refractivity (Wildman–Crippen MR) is 136 cm³/mol. The van der Waals surface area contributed by atoms with Crippen molar-refractivity contribution in [1.29, 1.82) is 0 Å². The van der Waals surface area contributed by atoms with Crippen molar-refractivity contribution in [1.82, 2.24) is 25.4 Å². The molecule has 11 heteroatoms. The Morgan fingerprint density at radius 2 is 1.73 bits per heavy atom. The molecule has 1 saturated heterocycles. The Bertz CT molecular complexity index is 1380. The minimum absolute atomic E-state index is 0.0915. The highest BCUT2D eigenvalue weighted by Gasteiger charge is 2.34. The van der Waals surface area contributed by atoms with E-state index in [2.05, 4.69) is 31.1 Å². The van der Waals surface area contributed by atoms with Crippen molar-refractivity contribution < 1.29 is 18.0 Å². The summed E-state index contributed by atoms with van der Waals surface area (Å²) >= 11 is 0. The van der Waals surface area contributed by atoms with Gasteiger partial charge in [-0.1, -0.05) is 18.2 Å². The molecule has 5 rings (SSSR count). The molecule has 0 radical (unpaired) electrons. The quantitative estimate of drug-likeness (QED) is 0.300. The lowest BCUT2D eigenvalue weighted by Gasteiger charge is -2.28. The Morgan fingerprint density at radius 3 is 2.49 bits per heavy atom. The Morgan fingerprint density at radius 1 is 0.973 bits per heavy atom. The number of hydrogen-bond donors (Lipinski definition) is 4. The van der Waals surface area contributed by atoms with Crippen LogP contribution in [0.4, 0.5) is 24.5 Å². The molecule has 0 spiro atoms. The van der Waals surface area contributed by atoms with Crippen LogP contribution in [0.15, 0.2) is 60.9 Å². The fourth-order valence-electron chi connectivity index (χ4n) is 4.33. The number of halogens is 3. The number of hydrogen-bond acceptors (Lipinski definition) is 6. The number of anilines is 2. The van der Waals surface area contributed by atoms with Crippen molar-refractivity contribution in [2.24, 2.45) is 0 Å². The van der Waals surface area contributed by atoms with Crippen LogP contribution in [0.2, 0.25) is 0 Å². The summed E-state index contributed by atoms with van der Waals surface area (Å²) in [6, 6.07) is 13.4. The molecule has 3 heterocycles. The number of aromatic amines is 1. The van der Waals surface area contributed by atoms with Crippen molar-refractivity contribution in [2.75, 3.05) is 43.4 Å². The van der Waals surface area contributed by atoms with Gasteiger partial charge in [-0.25, -0.2) is 4.98 Å². The second-order valence-electron chi connectivity index (χ2n) is 8.91. The summed E-state index contributed by atoms with van der Waals surface area (Å²) in [5, 5.41) is 16.4. The lowest BCUT2D eigenvalue weighted by molar-refractivity contribution is -0.138. The molecule has 0 saturated carbocycles. The molecule has 0 unspecified atom stereocenters. The van der Waals surface area contributed by atoms with Crippen molar-refractivity contribution in [2.45, 2.75) is 12.7 Å². The molecule has 8 nitrogen and oxygen atoms in total. The van der Waals surface area contributed by atoms with E-state index in [1.54, 1.807) is 12.4 Å². The van der Waals surface area contributed by atoms with Gasteiger partial charge in [-0.2, -0.15) is 18.3 Å². The van der Waals surface area contributed by atoms with Crippen LogP contribution in [0.5, 0.6) is 0 Å². The van der Waals surface area contributed by atoms with Crippen molar-refractivity contribution in [3.8, 4) is 11.1 Å². The zero-order chi connectivity index (χ0) is 25.8. The number of nitrogens with zero attached hydrogens (tertiary/aromatic N) is 3. The Kier molecular flexibility index (Phi) is 7.06. The zero-order valence-corrected chi connectivity index (χ0v) is 19.9. The fourth-order valence-corrected chi connectivity index (χ4v) is 4.33.